The van der Waals surface area contributed by atoms with Crippen LogP contribution >= 0.6 is 0 Å². The number of amides is 1. The van der Waals surface area contributed by atoms with Gasteiger partial charge in [-0.2, -0.15) is 0 Å². The van der Waals surface area contributed by atoms with Crippen LogP contribution in [0.1, 0.15) is 42.6 Å². The van der Waals surface area contributed by atoms with Gasteiger partial charge in [0.25, 0.3) is 5.91 Å². The summed E-state index contributed by atoms with van der Waals surface area (Å²) in [5, 5.41) is 9.38. The fourth-order valence-corrected chi connectivity index (χ4v) is 4.21. The van der Waals surface area contributed by atoms with E-state index < -0.39 is 11.6 Å². The largest absolute Gasteiger partial charge is 0.492 e. The minimum Gasteiger partial charge on any atom is -0.492 e. The minimum absolute atomic E-state index is 0.0741. The predicted molar refractivity (Wildman–Crippen MR) is 163 cm³/mol. The van der Waals surface area contributed by atoms with E-state index in [1.807, 2.05) is 42.6 Å². The lowest BCUT2D eigenvalue weighted by atomic mass is 9.98. The number of nitrogens with one attached hydrogen (secondary N) is 3. The van der Waals surface area contributed by atoms with Gasteiger partial charge in [0.05, 0.1) is 13.2 Å². The molecule has 3 N–H and O–H groups in total. The van der Waals surface area contributed by atoms with Gasteiger partial charge in [-0.25, -0.2) is 0 Å². The number of benzene rings is 2. The number of methoxy groups -OCH3 is 2. The van der Waals surface area contributed by atoms with Crippen LogP contribution in [-0.2, 0) is 19.0 Å². The zero-order valence-electron chi connectivity index (χ0n) is 25.4. The molecular formula is C31H45N5O6. The Kier molecular flexibility index (Phi) is 13.2. The molecule has 2 aromatic carbocycles. The number of carbonyl (C=O) groups excluding carboxylic acids is 2. The molecule has 1 amide bonds. The van der Waals surface area contributed by atoms with Gasteiger partial charge in [-0.3, -0.25) is 24.8 Å². The fourth-order valence-electron chi connectivity index (χ4n) is 4.21. The standard InChI is InChI=1S/C31H45N5O6/c1-31(2,3)42-28(37)22-32-29(38)24-8-6-23(7-9-24)25-20-33-30(34-21-25)35-26-10-12-27(13-11-26)41-19-16-36(14-17-39-4)15-18-40-5/h6-13,20,25,30,34-35H,14-19,21-22H2,1-5H3,(H,32,38). The first kappa shape index (κ1) is 33.0. The van der Waals surface area contributed by atoms with Crippen LogP contribution in [0.2, 0.25) is 0 Å². The van der Waals surface area contributed by atoms with Crippen molar-refractivity contribution in [2.24, 2.45) is 4.99 Å². The summed E-state index contributed by atoms with van der Waals surface area (Å²) in [4.78, 5) is 31.1. The van der Waals surface area contributed by atoms with Crippen molar-refractivity contribution in [1.29, 1.82) is 0 Å². The summed E-state index contributed by atoms with van der Waals surface area (Å²) in [7, 11) is 3.40. The third kappa shape index (κ3) is 11.8. The Hall–Kier alpha value is -3.51. The topological polar surface area (TPSA) is 123 Å². The molecule has 3 rings (SSSR count). The molecule has 0 bridgehead atoms. The molecule has 0 radical (unpaired) electrons. The van der Waals surface area contributed by atoms with Crippen molar-refractivity contribution in [2.75, 3.05) is 72.1 Å². The molecule has 2 unspecified atom stereocenters. The molecule has 1 heterocycles. The van der Waals surface area contributed by atoms with Crippen molar-refractivity contribution in [3.8, 4) is 5.75 Å². The number of anilines is 1. The van der Waals surface area contributed by atoms with Gasteiger partial charge in [-0.15, -0.1) is 0 Å². The molecule has 230 valence electrons. The number of ether oxygens (including phenoxy) is 4. The zero-order chi connectivity index (χ0) is 30.4. The number of nitrogens with zero attached hydrogens (tertiary/aromatic N) is 2. The normalized spacial score (nSPS) is 16.7. The minimum atomic E-state index is -0.592. The second kappa shape index (κ2) is 16.8. The van der Waals surface area contributed by atoms with Crippen LogP contribution in [0.15, 0.2) is 53.5 Å². The number of aliphatic imine (C=N–C) groups is 1. The lowest BCUT2D eigenvalue weighted by Crippen LogP contribution is -2.41. The van der Waals surface area contributed by atoms with Gasteiger partial charge in [0, 0.05) is 63.8 Å². The quantitative estimate of drug-likeness (QED) is 0.256. The number of rotatable bonds is 16. The maximum Gasteiger partial charge on any atom is 0.325 e. The Balaban J connectivity index is 1.42. The molecule has 0 spiro atoms. The molecule has 0 aliphatic carbocycles. The Morgan fingerprint density at radius 2 is 1.60 bits per heavy atom. The smallest absolute Gasteiger partial charge is 0.325 e. The molecular weight excluding hydrogens is 538 g/mol. The van der Waals surface area contributed by atoms with E-state index >= 15 is 0 Å². The molecule has 42 heavy (non-hydrogen) atoms. The summed E-state index contributed by atoms with van der Waals surface area (Å²) in [5.74, 6) is 0.0834. The first-order chi connectivity index (χ1) is 20.2. The monoisotopic (exact) mass is 583 g/mol. The molecule has 11 nitrogen and oxygen atoms in total. The highest BCUT2D eigenvalue weighted by Gasteiger charge is 2.19. The number of hydrogen-bond donors (Lipinski definition) is 3. The lowest BCUT2D eigenvalue weighted by molar-refractivity contribution is -0.153. The summed E-state index contributed by atoms with van der Waals surface area (Å²) < 4.78 is 21.5. The van der Waals surface area contributed by atoms with Crippen LogP contribution < -0.4 is 20.7 Å². The van der Waals surface area contributed by atoms with Gasteiger partial charge in [-0.1, -0.05) is 12.1 Å². The summed E-state index contributed by atoms with van der Waals surface area (Å²) in [6.45, 7) is 10.3. The van der Waals surface area contributed by atoms with E-state index in [1.54, 1.807) is 47.1 Å². The molecule has 1 aliphatic rings. The van der Waals surface area contributed by atoms with Crippen molar-refractivity contribution < 1.29 is 28.5 Å². The van der Waals surface area contributed by atoms with Crippen molar-refractivity contribution >= 4 is 23.8 Å². The highest BCUT2D eigenvalue weighted by atomic mass is 16.6. The number of esters is 1. The van der Waals surface area contributed by atoms with Crippen molar-refractivity contribution in [3.63, 3.8) is 0 Å². The van der Waals surface area contributed by atoms with Crippen LogP contribution in [-0.4, -0.2) is 102 Å². The van der Waals surface area contributed by atoms with Gasteiger partial charge < -0.3 is 29.6 Å². The van der Waals surface area contributed by atoms with E-state index in [9.17, 15) is 9.59 Å². The second-order valence-corrected chi connectivity index (χ2v) is 11.0. The van der Waals surface area contributed by atoms with Crippen molar-refractivity contribution in [3.05, 3.63) is 59.7 Å². The molecule has 0 aromatic heterocycles. The predicted octanol–water partition coefficient (Wildman–Crippen LogP) is 2.89. The van der Waals surface area contributed by atoms with Gasteiger partial charge in [0.2, 0.25) is 0 Å². The van der Waals surface area contributed by atoms with Crippen molar-refractivity contribution in [2.45, 2.75) is 38.6 Å². The van der Waals surface area contributed by atoms with E-state index in [0.717, 1.165) is 36.6 Å². The Bertz CT molecular complexity index is 1130. The van der Waals surface area contributed by atoms with E-state index in [0.29, 0.717) is 31.9 Å². The summed E-state index contributed by atoms with van der Waals surface area (Å²) >= 11 is 0. The Labute approximate surface area is 248 Å². The Morgan fingerprint density at radius 3 is 2.17 bits per heavy atom. The van der Waals surface area contributed by atoms with Crippen LogP contribution in [0.25, 0.3) is 0 Å². The SMILES string of the molecule is COCCN(CCOC)CCOc1ccc(NC2N=CC(c3ccc(C(=O)NCC(=O)OC(C)(C)C)cc3)CN2)cc1. The average molecular weight is 584 g/mol. The van der Waals surface area contributed by atoms with Crippen molar-refractivity contribution in [1.82, 2.24) is 15.5 Å². The van der Waals surface area contributed by atoms with Crippen LogP contribution in [0.3, 0.4) is 0 Å². The summed E-state index contributed by atoms with van der Waals surface area (Å²) in [5.41, 5.74) is 1.85. The average Bonchev–Trinajstić information content (AvgIpc) is 2.97. The lowest BCUT2D eigenvalue weighted by Gasteiger charge is -2.25. The molecule has 1 aliphatic heterocycles. The van der Waals surface area contributed by atoms with E-state index in [4.69, 9.17) is 18.9 Å². The maximum atomic E-state index is 12.4. The highest BCUT2D eigenvalue weighted by Crippen LogP contribution is 2.20. The zero-order valence-corrected chi connectivity index (χ0v) is 25.4. The maximum absolute atomic E-state index is 12.4. The summed E-state index contributed by atoms with van der Waals surface area (Å²) in [6.07, 6.45) is 1.67. The van der Waals surface area contributed by atoms with Gasteiger partial charge in [-0.05, 0) is 62.7 Å². The third-order valence-corrected chi connectivity index (χ3v) is 6.42. The fraction of sp³-hybridized carbons (Fsp3) is 0.516. The van der Waals surface area contributed by atoms with Gasteiger partial charge >= 0.3 is 5.97 Å². The molecule has 11 heteroatoms. The van der Waals surface area contributed by atoms with E-state index in [2.05, 4.69) is 25.8 Å². The van der Waals surface area contributed by atoms with Crippen LogP contribution in [0.5, 0.6) is 5.75 Å². The molecule has 0 saturated carbocycles. The van der Waals surface area contributed by atoms with E-state index in [1.165, 1.54) is 0 Å². The van der Waals surface area contributed by atoms with Gasteiger partial charge in [0.1, 0.15) is 24.5 Å². The molecule has 2 atom stereocenters. The number of hydrogen-bond acceptors (Lipinski definition) is 10. The molecule has 0 saturated heterocycles. The number of carbonyl (C=O) groups is 2. The van der Waals surface area contributed by atoms with Gasteiger partial charge in [0.15, 0.2) is 6.29 Å². The third-order valence-electron chi connectivity index (χ3n) is 6.42. The van der Waals surface area contributed by atoms with Crippen LogP contribution in [0, 0.1) is 0 Å². The summed E-state index contributed by atoms with van der Waals surface area (Å²) in [6, 6.07) is 15.1. The van der Waals surface area contributed by atoms with Crippen LogP contribution in [0.4, 0.5) is 5.69 Å². The first-order valence-electron chi connectivity index (χ1n) is 14.2. The van der Waals surface area contributed by atoms with E-state index in [-0.39, 0.29) is 24.7 Å². The molecule has 0 fully saturated rings. The Morgan fingerprint density at radius 1 is 0.952 bits per heavy atom. The second-order valence-electron chi connectivity index (χ2n) is 11.0. The first-order valence-corrected chi connectivity index (χ1v) is 14.2. The highest BCUT2D eigenvalue weighted by molar-refractivity contribution is 5.96. The molecule has 2 aromatic rings.